The first-order valence-electron chi connectivity index (χ1n) is 4.71. The summed E-state index contributed by atoms with van der Waals surface area (Å²) in [6.45, 7) is 4.40. The van der Waals surface area contributed by atoms with Crippen molar-refractivity contribution in [1.29, 1.82) is 0 Å². The summed E-state index contributed by atoms with van der Waals surface area (Å²) in [4.78, 5) is 12.0. The first-order valence-corrected chi connectivity index (χ1v) is 6.32. The van der Waals surface area contributed by atoms with Gasteiger partial charge in [0.1, 0.15) is 6.04 Å². The molecule has 0 unspecified atom stereocenters. The second-order valence-electron chi connectivity index (χ2n) is 3.65. The molecule has 84 valence electrons. The molecule has 0 radical (unpaired) electrons. The number of aliphatic carboxylic acids is 1. The number of hydrogen-bond acceptors (Lipinski definition) is 3. The molecule has 15 heavy (non-hydrogen) atoms. The smallest absolute Gasteiger partial charge is 0.320 e. The van der Waals surface area contributed by atoms with Crippen LogP contribution in [0.3, 0.4) is 0 Å². The maximum atomic E-state index is 10.9. The predicted octanol–water partition coefficient (Wildman–Crippen LogP) is 2.71. The van der Waals surface area contributed by atoms with Crippen molar-refractivity contribution in [3.8, 4) is 0 Å². The number of thiophene rings is 1. The summed E-state index contributed by atoms with van der Waals surface area (Å²) in [5.41, 5.74) is 0. The lowest BCUT2D eigenvalue weighted by atomic mass is 10.1. The van der Waals surface area contributed by atoms with E-state index in [1.165, 1.54) is 0 Å². The zero-order valence-electron chi connectivity index (χ0n) is 8.66. The van der Waals surface area contributed by atoms with Gasteiger partial charge in [-0.1, -0.05) is 13.8 Å². The Bertz CT molecular complexity index is 338. The van der Waals surface area contributed by atoms with Gasteiger partial charge in [0.25, 0.3) is 0 Å². The van der Waals surface area contributed by atoms with E-state index in [0.29, 0.717) is 6.54 Å². The lowest BCUT2D eigenvalue weighted by Crippen LogP contribution is -2.40. The van der Waals surface area contributed by atoms with Gasteiger partial charge in [0, 0.05) is 11.4 Å². The van der Waals surface area contributed by atoms with E-state index in [9.17, 15) is 4.79 Å². The SMILES string of the molecule is CC(C)[C@@H](NCc1ccc(Br)s1)C(=O)O. The molecule has 0 aliphatic carbocycles. The minimum absolute atomic E-state index is 0.0888. The number of carboxylic acids is 1. The topological polar surface area (TPSA) is 49.3 Å². The monoisotopic (exact) mass is 291 g/mol. The average Bonchev–Trinajstić information content (AvgIpc) is 2.50. The first kappa shape index (κ1) is 12.7. The average molecular weight is 292 g/mol. The number of carboxylic acid groups (broad SMARTS) is 1. The summed E-state index contributed by atoms with van der Waals surface area (Å²) in [6, 6.07) is 3.47. The molecular weight excluding hydrogens is 278 g/mol. The molecule has 2 N–H and O–H groups in total. The third kappa shape index (κ3) is 3.93. The Morgan fingerprint density at radius 3 is 2.67 bits per heavy atom. The van der Waals surface area contributed by atoms with Crippen LogP contribution in [0, 0.1) is 5.92 Å². The number of hydrogen-bond donors (Lipinski definition) is 2. The van der Waals surface area contributed by atoms with E-state index in [4.69, 9.17) is 5.11 Å². The minimum atomic E-state index is -0.791. The van der Waals surface area contributed by atoms with Gasteiger partial charge in [0.05, 0.1) is 3.79 Å². The van der Waals surface area contributed by atoms with Crippen LogP contribution in [0.1, 0.15) is 18.7 Å². The largest absolute Gasteiger partial charge is 0.480 e. The van der Waals surface area contributed by atoms with Crippen molar-refractivity contribution >= 4 is 33.2 Å². The quantitative estimate of drug-likeness (QED) is 0.877. The molecule has 0 aliphatic rings. The molecule has 3 nitrogen and oxygen atoms in total. The van der Waals surface area contributed by atoms with E-state index in [0.717, 1.165) is 8.66 Å². The van der Waals surface area contributed by atoms with Gasteiger partial charge in [0.2, 0.25) is 0 Å². The van der Waals surface area contributed by atoms with Crippen LogP contribution >= 0.6 is 27.3 Å². The van der Waals surface area contributed by atoms with Gasteiger partial charge < -0.3 is 5.11 Å². The number of rotatable bonds is 5. The van der Waals surface area contributed by atoms with Crippen LogP contribution in [0.15, 0.2) is 15.9 Å². The van der Waals surface area contributed by atoms with Crippen LogP contribution in [0.5, 0.6) is 0 Å². The van der Waals surface area contributed by atoms with Crippen molar-refractivity contribution in [2.24, 2.45) is 5.92 Å². The number of nitrogens with one attached hydrogen (secondary N) is 1. The molecule has 0 fully saturated rings. The van der Waals surface area contributed by atoms with Gasteiger partial charge in [0.15, 0.2) is 0 Å². The molecule has 1 heterocycles. The Hall–Kier alpha value is -0.390. The van der Waals surface area contributed by atoms with Gasteiger partial charge in [-0.05, 0) is 34.0 Å². The third-order valence-electron chi connectivity index (χ3n) is 2.06. The predicted molar refractivity (Wildman–Crippen MR) is 65.1 cm³/mol. The molecule has 0 amide bonds. The lowest BCUT2D eigenvalue weighted by Gasteiger charge is -2.17. The Balaban J connectivity index is 2.50. The van der Waals surface area contributed by atoms with Crippen molar-refractivity contribution < 1.29 is 9.90 Å². The first-order chi connectivity index (χ1) is 7.00. The Morgan fingerprint density at radius 1 is 1.60 bits per heavy atom. The van der Waals surface area contributed by atoms with Crippen molar-refractivity contribution in [3.05, 3.63) is 20.8 Å². The molecule has 0 spiro atoms. The Labute approximate surface area is 102 Å². The zero-order valence-corrected chi connectivity index (χ0v) is 11.1. The van der Waals surface area contributed by atoms with E-state index in [1.54, 1.807) is 11.3 Å². The van der Waals surface area contributed by atoms with Gasteiger partial charge in [-0.25, -0.2) is 0 Å². The lowest BCUT2D eigenvalue weighted by molar-refractivity contribution is -0.140. The maximum Gasteiger partial charge on any atom is 0.320 e. The highest BCUT2D eigenvalue weighted by atomic mass is 79.9. The van der Waals surface area contributed by atoms with Gasteiger partial charge in [-0.2, -0.15) is 0 Å². The minimum Gasteiger partial charge on any atom is -0.480 e. The molecule has 1 atom stereocenters. The zero-order chi connectivity index (χ0) is 11.4. The molecule has 1 rings (SSSR count). The fourth-order valence-corrected chi connectivity index (χ4v) is 2.70. The van der Waals surface area contributed by atoms with Crippen molar-refractivity contribution in [2.75, 3.05) is 0 Å². The molecule has 1 aromatic rings. The van der Waals surface area contributed by atoms with Crippen molar-refractivity contribution in [1.82, 2.24) is 5.32 Å². The van der Waals surface area contributed by atoms with E-state index in [-0.39, 0.29) is 5.92 Å². The maximum absolute atomic E-state index is 10.9. The van der Waals surface area contributed by atoms with Gasteiger partial charge in [-0.15, -0.1) is 11.3 Å². The summed E-state index contributed by atoms with van der Waals surface area (Å²) in [5, 5.41) is 12.0. The van der Waals surface area contributed by atoms with Crippen molar-refractivity contribution in [2.45, 2.75) is 26.4 Å². The molecule has 0 saturated carbocycles. The van der Waals surface area contributed by atoms with Crippen LogP contribution in [0.25, 0.3) is 0 Å². The number of carbonyl (C=O) groups is 1. The fourth-order valence-electron chi connectivity index (χ4n) is 1.27. The molecule has 0 aliphatic heterocycles. The molecule has 1 aromatic heterocycles. The Morgan fingerprint density at radius 2 is 2.27 bits per heavy atom. The number of halogens is 1. The normalized spacial score (nSPS) is 13.1. The van der Waals surface area contributed by atoms with Crippen LogP contribution in [0.4, 0.5) is 0 Å². The van der Waals surface area contributed by atoms with Crippen molar-refractivity contribution in [3.63, 3.8) is 0 Å². The summed E-state index contributed by atoms with van der Waals surface area (Å²) in [5.74, 6) is -0.702. The standard InChI is InChI=1S/C10H14BrNO2S/c1-6(2)9(10(13)14)12-5-7-3-4-8(11)15-7/h3-4,6,9,12H,5H2,1-2H3,(H,13,14)/t9-/m1/s1. The van der Waals surface area contributed by atoms with Gasteiger partial charge >= 0.3 is 5.97 Å². The van der Waals surface area contributed by atoms with Gasteiger partial charge in [-0.3, -0.25) is 10.1 Å². The molecular formula is C10H14BrNO2S. The fraction of sp³-hybridized carbons (Fsp3) is 0.500. The second kappa shape index (κ2) is 5.63. The van der Waals surface area contributed by atoms with E-state index in [1.807, 2.05) is 26.0 Å². The highest BCUT2D eigenvalue weighted by Crippen LogP contribution is 2.22. The molecule has 0 bridgehead atoms. The summed E-state index contributed by atoms with van der Waals surface area (Å²) >= 11 is 4.99. The third-order valence-corrected chi connectivity index (χ3v) is 3.68. The summed E-state index contributed by atoms with van der Waals surface area (Å²) in [6.07, 6.45) is 0. The highest BCUT2D eigenvalue weighted by Gasteiger charge is 2.20. The van der Waals surface area contributed by atoms with E-state index in [2.05, 4.69) is 21.2 Å². The summed E-state index contributed by atoms with van der Waals surface area (Å²) < 4.78 is 1.07. The molecule has 5 heteroatoms. The van der Waals surface area contributed by atoms with Crippen LogP contribution < -0.4 is 5.32 Å². The molecule has 0 aromatic carbocycles. The summed E-state index contributed by atoms with van der Waals surface area (Å²) in [7, 11) is 0. The van der Waals surface area contributed by atoms with Crippen LogP contribution in [-0.4, -0.2) is 17.1 Å². The van der Waals surface area contributed by atoms with E-state index < -0.39 is 12.0 Å². The van der Waals surface area contributed by atoms with E-state index >= 15 is 0 Å². The Kier molecular flexibility index (Phi) is 4.76. The highest BCUT2D eigenvalue weighted by molar-refractivity contribution is 9.11. The second-order valence-corrected chi connectivity index (χ2v) is 6.19. The van der Waals surface area contributed by atoms with Crippen LogP contribution in [0.2, 0.25) is 0 Å². The van der Waals surface area contributed by atoms with Crippen LogP contribution in [-0.2, 0) is 11.3 Å². The molecule has 0 saturated heterocycles.